The molecule has 1 aromatic rings. The molecule has 1 unspecified atom stereocenters. The summed E-state index contributed by atoms with van der Waals surface area (Å²) in [6, 6.07) is 7.45. The Hall–Kier alpha value is -1.07. The molecule has 18 heavy (non-hydrogen) atoms. The van der Waals surface area contributed by atoms with Crippen LogP contribution in [0.1, 0.15) is 13.3 Å². The van der Waals surface area contributed by atoms with Gasteiger partial charge in [0.05, 0.1) is 19.0 Å². The largest absolute Gasteiger partial charge is 0.490 e. The van der Waals surface area contributed by atoms with E-state index in [-0.39, 0.29) is 6.61 Å². The van der Waals surface area contributed by atoms with E-state index in [9.17, 15) is 4.21 Å². The van der Waals surface area contributed by atoms with Crippen LogP contribution in [-0.4, -0.2) is 40.6 Å². The molecular formula is C13H20O4S. The first kappa shape index (κ1) is 15.0. The van der Waals surface area contributed by atoms with Gasteiger partial charge in [-0.3, -0.25) is 4.21 Å². The van der Waals surface area contributed by atoms with Gasteiger partial charge in [0.1, 0.15) is 0 Å². The first-order valence-corrected chi connectivity index (χ1v) is 7.57. The standard InChI is InChI=1S/C13H20O4S/c1-2-16-12-6-3-4-7-13(12)17-9-11-18(15)10-5-8-14/h3-4,6-7,14H,2,5,8-11H2,1H3. The monoisotopic (exact) mass is 272 g/mol. The first-order valence-electron chi connectivity index (χ1n) is 6.08. The van der Waals surface area contributed by atoms with Crippen LogP contribution in [0.5, 0.6) is 11.5 Å². The molecule has 1 atom stereocenters. The summed E-state index contributed by atoms with van der Waals surface area (Å²) in [5.74, 6) is 2.38. The molecule has 0 spiro atoms. The molecule has 0 aliphatic heterocycles. The first-order chi connectivity index (χ1) is 8.77. The Labute approximate surface area is 110 Å². The molecule has 1 rings (SSSR count). The van der Waals surface area contributed by atoms with E-state index in [1.165, 1.54) is 0 Å². The molecule has 0 radical (unpaired) electrons. The highest BCUT2D eigenvalue weighted by Crippen LogP contribution is 2.26. The molecule has 0 heterocycles. The van der Waals surface area contributed by atoms with Gasteiger partial charge in [0.2, 0.25) is 0 Å². The van der Waals surface area contributed by atoms with Crippen LogP contribution in [0.25, 0.3) is 0 Å². The summed E-state index contributed by atoms with van der Waals surface area (Å²) in [6.07, 6.45) is 0.572. The number of ether oxygens (including phenoxy) is 2. The molecular weight excluding hydrogens is 252 g/mol. The van der Waals surface area contributed by atoms with E-state index in [4.69, 9.17) is 14.6 Å². The quantitative estimate of drug-likeness (QED) is 0.742. The number of rotatable bonds is 9. The number of hydrogen-bond donors (Lipinski definition) is 1. The molecule has 0 aromatic heterocycles. The summed E-state index contributed by atoms with van der Waals surface area (Å²) in [4.78, 5) is 0. The third-order valence-corrected chi connectivity index (χ3v) is 3.61. The summed E-state index contributed by atoms with van der Waals surface area (Å²) in [5.41, 5.74) is 0. The van der Waals surface area contributed by atoms with Gasteiger partial charge in [-0.1, -0.05) is 12.1 Å². The zero-order chi connectivity index (χ0) is 13.2. The molecule has 102 valence electrons. The average molecular weight is 272 g/mol. The highest BCUT2D eigenvalue weighted by molar-refractivity contribution is 7.84. The second-order valence-electron chi connectivity index (χ2n) is 3.65. The smallest absolute Gasteiger partial charge is 0.161 e. The van der Waals surface area contributed by atoms with Crippen LogP contribution in [-0.2, 0) is 10.8 Å². The zero-order valence-electron chi connectivity index (χ0n) is 10.6. The van der Waals surface area contributed by atoms with Crippen LogP contribution in [0, 0.1) is 0 Å². The highest BCUT2D eigenvalue weighted by atomic mass is 32.2. The van der Waals surface area contributed by atoms with E-state index in [1.54, 1.807) is 0 Å². The lowest BCUT2D eigenvalue weighted by Crippen LogP contribution is -2.12. The lowest BCUT2D eigenvalue weighted by atomic mass is 10.3. The van der Waals surface area contributed by atoms with Gasteiger partial charge < -0.3 is 14.6 Å². The van der Waals surface area contributed by atoms with E-state index in [0.29, 0.717) is 42.6 Å². The number of aliphatic hydroxyl groups is 1. The van der Waals surface area contributed by atoms with Crippen molar-refractivity contribution >= 4 is 10.8 Å². The van der Waals surface area contributed by atoms with Crippen molar-refractivity contribution in [1.82, 2.24) is 0 Å². The van der Waals surface area contributed by atoms with Crippen molar-refractivity contribution in [3.63, 3.8) is 0 Å². The Morgan fingerprint density at radius 1 is 1.17 bits per heavy atom. The third-order valence-electron chi connectivity index (χ3n) is 2.25. The molecule has 0 aliphatic rings. The molecule has 1 aromatic carbocycles. The number of aliphatic hydroxyl groups excluding tert-OH is 1. The van der Waals surface area contributed by atoms with Gasteiger partial charge in [-0.15, -0.1) is 0 Å². The van der Waals surface area contributed by atoms with Crippen molar-refractivity contribution in [2.24, 2.45) is 0 Å². The predicted octanol–water partition coefficient (Wildman–Crippen LogP) is 1.60. The number of hydrogen-bond acceptors (Lipinski definition) is 4. The maximum Gasteiger partial charge on any atom is 0.161 e. The molecule has 0 saturated carbocycles. The molecule has 0 amide bonds. The van der Waals surface area contributed by atoms with Gasteiger partial charge in [-0.25, -0.2) is 0 Å². The van der Waals surface area contributed by atoms with E-state index in [0.717, 1.165) is 0 Å². The van der Waals surface area contributed by atoms with Gasteiger partial charge >= 0.3 is 0 Å². The Balaban J connectivity index is 2.36. The summed E-state index contributed by atoms with van der Waals surface area (Å²) in [5, 5.41) is 8.63. The van der Waals surface area contributed by atoms with Gasteiger partial charge in [-0.2, -0.15) is 0 Å². The summed E-state index contributed by atoms with van der Waals surface area (Å²) >= 11 is 0. The second-order valence-corrected chi connectivity index (χ2v) is 5.35. The predicted molar refractivity (Wildman–Crippen MR) is 72.7 cm³/mol. The summed E-state index contributed by atoms with van der Waals surface area (Å²) in [7, 11) is -0.930. The van der Waals surface area contributed by atoms with Crippen molar-refractivity contribution in [3.8, 4) is 11.5 Å². The topological polar surface area (TPSA) is 55.8 Å². The van der Waals surface area contributed by atoms with Crippen molar-refractivity contribution in [2.45, 2.75) is 13.3 Å². The van der Waals surface area contributed by atoms with Crippen molar-refractivity contribution < 1.29 is 18.8 Å². The van der Waals surface area contributed by atoms with Crippen LogP contribution >= 0.6 is 0 Å². The van der Waals surface area contributed by atoms with Gasteiger partial charge in [0.25, 0.3) is 0 Å². The number of benzene rings is 1. The fraction of sp³-hybridized carbons (Fsp3) is 0.538. The summed E-state index contributed by atoms with van der Waals surface area (Å²) < 4.78 is 22.5. The second kappa shape index (κ2) is 8.94. The minimum Gasteiger partial charge on any atom is -0.490 e. The average Bonchev–Trinajstić information content (AvgIpc) is 2.38. The molecule has 4 nitrogen and oxygen atoms in total. The Bertz CT molecular complexity index is 368. The van der Waals surface area contributed by atoms with E-state index >= 15 is 0 Å². The fourth-order valence-corrected chi connectivity index (χ4v) is 2.34. The van der Waals surface area contributed by atoms with Crippen LogP contribution in [0.15, 0.2) is 24.3 Å². The molecule has 1 N–H and O–H groups in total. The zero-order valence-corrected chi connectivity index (χ0v) is 11.4. The molecule has 5 heteroatoms. The van der Waals surface area contributed by atoms with E-state index in [2.05, 4.69) is 0 Å². The van der Waals surface area contributed by atoms with Crippen LogP contribution in [0.2, 0.25) is 0 Å². The van der Waals surface area contributed by atoms with Crippen LogP contribution in [0.4, 0.5) is 0 Å². The van der Waals surface area contributed by atoms with Crippen LogP contribution in [0.3, 0.4) is 0 Å². The summed E-state index contributed by atoms with van der Waals surface area (Å²) in [6.45, 7) is 2.98. The normalized spacial score (nSPS) is 12.1. The Kier molecular flexibility index (Phi) is 7.44. The Morgan fingerprint density at radius 2 is 1.83 bits per heavy atom. The minimum absolute atomic E-state index is 0.0831. The fourth-order valence-electron chi connectivity index (χ4n) is 1.42. The van der Waals surface area contributed by atoms with Crippen molar-refractivity contribution in [3.05, 3.63) is 24.3 Å². The third kappa shape index (κ3) is 5.51. The number of para-hydroxylation sites is 2. The molecule has 0 saturated heterocycles. The van der Waals surface area contributed by atoms with E-state index in [1.807, 2.05) is 31.2 Å². The lowest BCUT2D eigenvalue weighted by molar-refractivity contribution is 0.288. The highest BCUT2D eigenvalue weighted by Gasteiger charge is 2.04. The lowest BCUT2D eigenvalue weighted by Gasteiger charge is -2.11. The van der Waals surface area contributed by atoms with Crippen LogP contribution < -0.4 is 9.47 Å². The van der Waals surface area contributed by atoms with E-state index < -0.39 is 10.8 Å². The maximum atomic E-state index is 11.5. The van der Waals surface area contributed by atoms with Crippen molar-refractivity contribution in [2.75, 3.05) is 31.3 Å². The maximum absolute atomic E-state index is 11.5. The van der Waals surface area contributed by atoms with Gasteiger partial charge in [0.15, 0.2) is 11.5 Å². The molecule has 0 aliphatic carbocycles. The Morgan fingerprint density at radius 3 is 2.44 bits per heavy atom. The minimum atomic E-state index is -0.930. The molecule has 0 bridgehead atoms. The van der Waals surface area contributed by atoms with Gasteiger partial charge in [-0.05, 0) is 25.5 Å². The molecule has 0 fully saturated rings. The van der Waals surface area contributed by atoms with Gasteiger partial charge in [0, 0.05) is 23.2 Å². The SMILES string of the molecule is CCOc1ccccc1OCCS(=O)CCCO. The van der Waals surface area contributed by atoms with Crippen molar-refractivity contribution in [1.29, 1.82) is 0 Å².